The summed E-state index contributed by atoms with van der Waals surface area (Å²) in [5, 5.41) is 11.8. The molecular formula is C13H9FN4O. The van der Waals surface area contributed by atoms with Crippen LogP contribution in [0.25, 0.3) is 11.1 Å². The second kappa shape index (κ2) is 3.92. The predicted octanol–water partition coefficient (Wildman–Crippen LogP) is 1.59. The van der Waals surface area contributed by atoms with Gasteiger partial charge in [0, 0.05) is 29.9 Å². The molecule has 5 nitrogen and oxygen atoms in total. The molecule has 0 aliphatic carbocycles. The van der Waals surface area contributed by atoms with Crippen molar-refractivity contribution < 1.29 is 9.18 Å². The van der Waals surface area contributed by atoms with Gasteiger partial charge in [-0.2, -0.15) is 5.26 Å². The molecule has 0 unspecified atom stereocenters. The fourth-order valence-corrected chi connectivity index (χ4v) is 2.31. The number of aromatic nitrogens is 2. The van der Waals surface area contributed by atoms with Crippen molar-refractivity contribution in [3.8, 4) is 17.2 Å². The number of carbonyl (C=O) groups is 1. The van der Waals surface area contributed by atoms with Crippen molar-refractivity contribution in [2.24, 2.45) is 7.05 Å². The molecule has 0 bridgehead atoms. The van der Waals surface area contributed by atoms with E-state index >= 15 is 0 Å². The average molecular weight is 256 g/mol. The molecule has 0 fully saturated rings. The summed E-state index contributed by atoms with van der Waals surface area (Å²) in [5.74, 6) is -0.426. The van der Waals surface area contributed by atoms with Gasteiger partial charge in [0.15, 0.2) is 0 Å². The van der Waals surface area contributed by atoms with Crippen LogP contribution in [0.15, 0.2) is 18.5 Å². The van der Waals surface area contributed by atoms with Gasteiger partial charge in [0.25, 0.3) is 0 Å². The molecule has 0 aromatic carbocycles. The summed E-state index contributed by atoms with van der Waals surface area (Å²) in [5.41, 5.74) is 2.17. The Bertz CT molecular complexity index is 742. The number of nitrogens with zero attached hydrogens (tertiary/aromatic N) is 3. The van der Waals surface area contributed by atoms with Gasteiger partial charge >= 0.3 is 0 Å². The van der Waals surface area contributed by atoms with E-state index in [2.05, 4.69) is 16.4 Å². The van der Waals surface area contributed by atoms with Crippen LogP contribution in [-0.4, -0.2) is 15.5 Å². The molecule has 19 heavy (non-hydrogen) atoms. The van der Waals surface area contributed by atoms with Crippen molar-refractivity contribution in [2.75, 3.05) is 5.32 Å². The minimum atomic E-state index is -0.483. The maximum absolute atomic E-state index is 13.4. The summed E-state index contributed by atoms with van der Waals surface area (Å²) in [6.07, 6.45) is 2.85. The lowest BCUT2D eigenvalue weighted by Crippen LogP contribution is -2.14. The first kappa shape index (κ1) is 11.4. The molecule has 1 aliphatic rings. The van der Waals surface area contributed by atoms with Crippen molar-refractivity contribution in [1.82, 2.24) is 9.55 Å². The fraction of sp³-hybridized carbons (Fsp3) is 0.154. The van der Waals surface area contributed by atoms with Crippen LogP contribution >= 0.6 is 0 Å². The third-order valence-electron chi connectivity index (χ3n) is 3.13. The molecule has 0 spiro atoms. The number of aryl methyl sites for hydroxylation is 1. The Balaban J connectivity index is 2.35. The van der Waals surface area contributed by atoms with Gasteiger partial charge in [-0.25, -0.2) is 9.37 Å². The highest BCUT2D eigenvalue weighted by molar-refractivity contribution is 5.99. The molecular weight excluding hydrogens is 247 g/mol. The zero-order valence-corrected chi connectivity index (χ0v) is 10.1. The third-order valence-corrected chi connectivity index (χ3v) is 3.13. The lowest BCUT2D eigenvalue weighted by Gasteiger charge is -2.05. The summed E-state index contributed by atoms with van der Waals surface area (Å²) in [4.78, 5) is 15.7. The molecule has 3 rings (SSSR count). The molecule has 6 heteroatoms. The lowest BCUT2D eigenvalue weighted by atomic mass is 10.0. The Kier molecular flexibility index (Phi) is 2.35. The topological polar surface area (TPSA) is 70.7 Å². The molecule has 0 radical (unpaired) electrons. The second-order valence-corrected chi connectivity index (χ2v) is 4.37. The first-order chi connectivity index (χ1) is 9.10. The van der Waals surface area contributed by atoms with Crippen LogP contribution in [0.3, 0.4) is 0 Å². The minimum Gasteiger partial charge on any atom is -0.342 e. The number of amides is 1. The normalized spacial score (nSPS) is 13.0. The van der Waals surface area contributed by atoms with Crippen LogP contribution in [0.5, 0.6) is 0 Å². The van der Waals surface area contributed by atoms with Gasteiger partial charge in [0.1, 0.15) is 23.4 Å². The maximum atomic E-state index is 13.4. The molecule has 2 aromatic rings. The van der Waals surface area contributed by atoms with E-state index in [1.54, 1.807) is 17.8 Å². The molecule has 0 saturated carbocycles. The van der Waals surface area contributed by atoms with Crippen molar-refractivity contribution in [1.29, 1.82) is 5.26 Å². The van der Waals surface area contributed by atoms with E-state index < -0.39 is 5.82 Å². The molecule has 0 saturated heterocycles. The van der Waals surface area contributed by atoms with Gasteiger partial charge in [0.05, 0.1) is 12.6 Å². The van der Waals surface area contributed by atoms with Gasteiger partial charge in [0.2, 0.25) is 5.91 Å². The van der Waals surface area contributed by atoms with E-state index in [4.69, 9.17) is 5.26 Å². The highest BCUT2D eigenvalue weighted by Crippen LogP contribution is 2.35. The number of hydrogen-bond acceptors (Lipinski definition) is 3. The average Bonchev–Trinajstić information content (AvgIpc) is 2.60. The van der Waals surface area contributed by atoms with Crippen molar-refractivity contribution in [3.63, 3.8) is 0 Å². The van der Waals surface area contributed by atoms with Crippen LogP contribution in [0.2, 0.25) is 0 Å². The summed E-state index contributed by atoms with van der Waals surface area (Å²) in [7, 11) is 1.72. The van der Waals surface area contributed by atoms with Crippen LogP contribution in [0.1, 0.15) is 11.3 Å². The number of carbonyl (C=O) groups excluding carboxylic acids is 1. The summed E-state index contributed by atoms with van der Waals surface area (Å²) in [6.45, 7) is 0. The molecule has 1 N–H and O–H groups in total. The van der Waals surface area contributed by atoms with E-state index in [0.717, 1.165) is 6.20 Å². The standard InChI is InChI=1S/C13H9FN4O/c1-18-6-10-8(11(18)4-15)3-12(19)17-13-9(10)2-7(14)5-16-13/h2,5-6H,3H2,1H3,(H,16,17,19). The Labute approximate surface area is 108 Å². The highest BCUT2D eigenvalue weighted by atomic mass is 19.1. The lowest BCUT2D eigenvalue weighted by molar-refractivity contribution is -0.115. The van der Waals surface area contributed by atoms with Gasteiger partial charge in [-0.05, 0) is 6.07 Å². The molecule has 1 aliphatic heterocycles. The predicted molar refractivity (Wildman–Crippen MR) is 65.7 cm³/mol. The Morgan fingerprint density at radius 2 is 2.32 bits per heavy atom. The SMILES string of the molecule is Cn1cc2c(c1C#N)CC(=O)Nc1ncc(F)cc1-2. The van der Waals surface area contributed by atoms with E-state index in [0.29, 0.717) is 28.2 Å². The quantitative estimate of drug-likeness (QED) is 0.778. The van der Waals surface area contributed by atoms with Crippen LogP contribution in [0.4, 0.5) is 10.2 Å². The molecule has 1 amide bonds. The van der Waals surface area contributed by atoms with Crippen LogP contribution < -0.4 is 5.32 Å². The number of anilines is 1. The number of hydrogen-bond donors (Lipinski definition) is 1. The number of halogens is 1. The summed E-state index contributed by atoms with van der Waals surface area (Å²) >= 11 is 0. The molecule has 94 valence electrons. The van der Waals surface area contributed by atoms with Gasteiger partial charge in [-0.3, -0.25) is 4.79 Å². The van der Waals surface area contributed by atoms with Crippen molar-refractivity contribution >= 4 is 11.7 Å². The Morgan fingerprint density at radius 1 is 1.53 bits per heavy atom. The monoisotopic (exact) mass is 256 g/mol. The van der Waals surface area contributed by atoms with E-state index in [1.165, 1.54) is 6.07 Å². The van der Waals surface area contributed by atoms with E-state index in [1.807, 2.05) is 0 Å². The zero-order valence-electron chi connectivity index (χ0n) is 10.1. The minimum absolute atomic E-state index is 0.0804. The van der Waals surface area contributed by atoms with Crippen molar-refractivity contribution in [2.45, 2.75) is 6.42 Å². The number of fused-ring (bicyclic) bond motifs is 3. The molecule has 2 aromatic heterocycles. The number of rotatable bonds is 0. The Hall–Kier alpha value is -2.68. The van der Waals surface area contributed by atoms with E-state index in [-0.39, 0.29) is 12.3 Å². The van der Waals surface area contributed by atoms with Crippen LogP contribution in [-0.2, 0) is 18.3 Å². The molecule has 3 heterocycles. The van der Waals surface area contributed by atoms with Gasteiger partial charge in [-0.15, -0.1) is 0 Å². The summed E-state index contributed by atoms with van der Waals surface area (Å²) < 4.78 is 15.0. The van der Waals surface area contributed by atoms with Gasteiger partial charge in [-0.1, -0.05) is 0 Å². The number of nitrogens with one attached hydrogen (secondary N) is 1. The first-order valence-corrected chi connectivity index (χ1v) is 5.64. The largest absolute Gasteiger partial charge is 0.342 e. The highest BCUT2D eigenvalue weighted by Gasteiger charge is 2.25. The smallest absolute Gasteiger partial charge is 0.230 e. The third kappa shape index (κ3) is 1.67. The number of pyridine rings is 1. The zero-order chi connectivity index (χ0) is 13.6. The first-order valence-electron chi connectivity index (χ1n) is 5.64. The Morgan fingerprint density at radius 3 is 3.05 bits per heavy atom. The van der Waals surface area contributed by atoms with Gasteiger partial charge < -0.3 is 9.88 Å². The molecule has 0 atom stereocenters. The fourth-order valence-electron chi connectivity index (χ4n) is 2.31. The van der Waals surface area contributed by atoms with E-state index in [9.17, 15) is 9.18 Å². The summed E-state index contributed by atoms with van der Waals surface area (Å²) in [6, 6.07) is 3.38. The van der Waals surface area contributed by atoms with Crippen molar-refractivity contribution in [3.05, 3.63) is 35.5 Å². The number of nitriles is 1. The van der Waals surface area contributed by atoms with Crippen LogP contribution in [0, 0.1) is 17.1 Å². The second-order valence-electron chi connectivity index (χ2n) is 4.37. The maximum Gasteiger partial charge on any atom is 0.230 e.